The first-order valence-electron chi connectivity index (χ1n) is 6.81. The van der Waals surface area contributed by atoms with Gasteiger partial charge in [-0.1, -0.05) is 54.6 Å². The highest BCUT2D eigenvalue weighted by Gasteiger charge is 2.06. The summed E-state index contributed by atoms with van der Waals surface area (Å²) >= 11 is 1.58. The fourth-order valence-corrected chi connectivity index (χ4v) is 3.29. The van der Waals surface area contributed by atoms with E-state index in [1.807, 2.05) is 24.3 Å². The summed E-state index contributed by atoms with van der Waals surface area (Å²) in [7, 11) is 0. The molecule has 0 bridgehead atoms. The second kappa shape index (κ2) is 5.94. The number of thiophene rings is 1. The van der Waals surface area contributed by atoms with Crippen molar-refractivity contribution in [2.75, 3.05) is 0 Å². The highest BCUT2D eigenvalue weighted by Crippen LogP contribution is 2.28. The fourth-order valence-electron chi connectivity index (χ4n) is 2.32. The summed E-state index contributed by atoms with van der Waals surface area (Å²) < 4.78 is 1.19. The van der Waals surface area contributed by atoms with E-state index in [2.05, 4.69) is 42.5 Å². The second-order valence-corrected chi connectivity index (χ2v) is 5.95. The van der Waals surface area contributed by atoms with Crippen molar-refractivity contribution in [2.24, 2.45) is 5.73 Å². The van der Waals surface area contributed by atoms with Crippen molar-refractivity contribution in [3.05, 3.63) is 76.7 Å². The number of nitrogens with two attached hydrogens (primary N) is 1. The summed E-state index contributed by atoms with van der Waals surface area (Å²) in [5.74, 6) is 0.141. The Bertz CT molecular complexity index is 800. The first-order chi connectivity index (χ1) is 10.2. The summed E-state index contributed by atoms with van der Waals surface area (Å²) in [6, 6.07) is 18.6. The van der Waals surface area contributed by atoms with Gasteiger partial charge in [-0.15, -0.1) is 11.3 Å². The summed E-state index contributed by atoms with van der Waals surface area (Å²) in [5, 5.41) is 8.76. The van der Waals surface area contributed by atoms with Gasteiger partial charge in [0.1, 0.15) is 5.84 Å². The Morgan fingerprint density at radius 3 is 2.67 bits per heavy atom. The average molecular weight is 292 g/mol. The van der Waals surface area contributed by atoms with E-state index in [9.17, 15) is 0 Å². The van der Waals surface area contributed by atoms with Gasteiger partial charge in [0.2, 0.25) is 0 Å². The average Bonchev–Trinajstić information content (AvgIpc) is 2.94. The van der Waals surface area contributed by atoms with Crippen LogP contribution in [-0.2, 0) is 6.42 Å². The van der Waals surface area contributed by atoms with Gasteiger partial charge in [0.15, 0.2) is 0 Å². The minimum atomic E-state index is 0.141. The maximum Gasteiger partial charge on any atom is 0.133 e. The van der Waals surface area contributed by atoms with Gasteiger partial charge >= 0.3 is 0 Å². The molecule has 2 nitrogen and oxygen atoms in total. The number of hydrogen-bond acceptors (Lipinski definition) is 2. The van der Waals surface area contributed by atoms with E-state index in [0.29, 0.717) is 0 Å². The number of nitrogen functional groups attached to an aromatic ring is 1. The molecule has 21 heavy (non-hydrogen) atoms. The van der Waals surface area contributed by atoms with Crippen LogP contribution in [0.1, 0.15) is 16.0 Å². The Morgan fingerprint density at radius 1 is 1.10 bits per heavy atom. The van der Waals surface area contributed by atoms with Crippen molar-refractivity contribution in [2.45, 2.75) is 6.42 Å². The molecule has 0 saturated heterocycles. The van der Waals surface area contributed by atoms with Crippen LogP contribution in [0.5, 0.6) is 0 Å². The van der Waals surface area contributed by atoms with Crippen molar-refractivity contribution in [1.82, 2.24) is 0 Å². The lowest BCUT2D eigenvalue weighted by Crippen LogP contribution is -2.08. The molecule has 1 heterocycles. The van der Waals surface area contributed by atoms with Gasteiger partial charge in [-0.05, 0) is 35.1 Å². The third kappa shape index (κ3) is 3.03. The second-order valence-electron chi connectivity index (χ2n) is 4.87. The topological polar surface area (TPSA) is 49.9 Å². The van der Waals surface area contributed by atoms with E-state index in [1.54, 1.807) is 11.3 Å². The lowest BCUT2D eigenvalue weighted by atomic mass is 10.1. The molecular weight excluding hydrogens is 276 g/mol. The van der Waals surface area contributed by atoms with Crippen molar-refractivity contribution >= 4 is 33.3 Å². The molecule has 3 heteroatoms. The molecule has 3 rings (SSSR count). The summed E-state index contributed by atoms with van der Waals surface area (Å²) in [6.07, 6.45) is 5.19. The van der Waals surface area contributed by atoms with E-state index >= 15 is 0 Å². The number of nitrogens with one attached hydrogen (secondary N) is 1. The lowest BCUT2D eigenvalue weighted by Gasteiger charge is -1.99. The predicted molar refractivity (Wildman–Crippen MR) is 92.0 cm³/mol. The van der Waals surface area contributed by atoms with Crippen LogP contribution in [0.15, 0.2) is 60.7 Å². The largest absolute Gasteiger partial charge is 0.383 e. The van der Waals surface area contributed by atoms with Crippen LogP contribution in [0.25, 0.3) is 16.2 Å². The van der Waals surface area contributed by atoms with Gasteiger partial charge in [-0.3, -0.25) is 5.41 Å². The Hall–Kier alpha value is -2.39. The van der Waals surface area contributed by atoms with Crippen LogP contribution >= 0.6 is 11.3 Å². The molecule has 0 amide bonds. The minimum absolute atomic E-state index is 0.141. The quantitative estimate of drug-likeness (QED) is 0.542. The molecule has 3 N–H and O–H groups in total. The zero-order valence-corrected chi connectivity index (χ0v) is 12.4. The van der Waals surface area contributed by atoms with Crippen LogP contribution in [0.3, 0.4) is 0 Å². The molecule has 0 fully saturated rings. The number of amidine groups is 1. The Morgan fingerprint density at radius 2 is 1.90 bits per heavy atom. The molecule has 0 spiro atoms. The van der Waals surface area contributed by atoms with Crippen molar-refractivity contribution < 1.29 is 0 Å². The molecule has 2 aromatic carbocycles. The molecule has 1 aromatic heterocycles. The number of fused-ring (bicyclic) bond motifs is 1. The normalized spacial score (nSPS) is 11.2. The SMILES string of the molecule is N=C(N)c1cc2c(C/C=C/c3ccccc3)cccc2s1. The van der Waals surface area contributed by atoms with Crippen molar-refractivity contribution in [1.29, 1.82) is 5.41 Å². The van der Waals surface area contributed by atoms with Gasteiger partial charge in [-0.25, -0.2) is 0 Å². The first kappa shape index (κ1) is 13.6. The molecule has 0 unspecified atom stereocenters. The number of hydrogen-bond donors (Lipinski definition) is 2. The van der Waals surface area contributed by atoms with E-state index in [-0.39, 0.29) is 5.84 Å². The van der Waals surface area contributed by atoms with Crippen molar-refractivity contribution in [3.63, 3.8) is 0 Å². The molecular formula is C18H16N2S. The van der Waals surface area contributed by atoms with E-state index in [1.165, 1.54) is 21.2 Å². The molecule has 0 radical (unpaired) electrons. The van der Waals surface area contributed by atoms with Crippen LogP contribution in [0.4, 0.5) is 0 Å². The number of benzene rings is 2. The Balaban J connectivity index is 1.87. The molecule has 0 atom stereocenters. The monoisotopic (exact) mass is 292 g/mol. The molecule has 0 saturated carbocycles. The predicted octanol–water partition coefficient (Wildman–Crippen LogP) is 4.44. The van der Waals surface area contributed by atoms with E-state index in [4.69, 9.17) is 11.1 Å². The van der Waals surface area contributed by atoms with Gasteiger partial charge in [0.05, 0.1) is 4.88 Å². The van der Waals surface area contributed by atoms with Crippen LogP contribution < -0.4 is 5.73 Å². The third-order valence-electron chi connectivity index (χ3n) is 3.36. The number of allylic oxidation sites excluding steroid dienone is 1. The van der Waals surface area contributed by atoms with Gasteiger partial charge in [0, 0.05) is 4.70 Å². The molecule has 0 aliphatic heterocycles. The number of rotatable bonds is 4. The molecule has 3 aromatic rings. The standard InChI is InChI=1S/C18H16N2S/c19-18(20)17-12-15-14(10-5-11-16(15)21-17)9-4-8-13-6-2-1-3-7-13/h1-8,10-12H,9H2,(H3,19,20)/b8-4+. The van der Waals surface area contributed by atoms with E-state index in [0.717, 1.165) is 11.3 Å². The molecule has 104 valence electrons. The molecule has 0 aliphatic rings. The fraction of sp³-hybridized carbons (Fsp3) is 0.0556. The van der Waals surface area contributed by atoms with Gasteiger partial charge < -0.3 is 5.73 Å². The molecule has 0 aliphatic carbocycles. The maximum absolute atomic E-state index is 7.56. The lowest BCUT2D eigenvalue weighted by molar-refractivity contribution is 1.31. The summed E-state index contributed by atoms with van der Waals surface area (Å²) in [5.41, 5.74) is 8.06. The van der Waals surface area contributed by atoms with Crippen LogP contribution in [0.2, 0.25) is 0 Å². The van der Waals surface area contributed by atoms with Gasteiger partial charge in [-0.2, -0.15) is 0 Å². The van der Waals surface area contributed by atoms with Crippen LogP contribution in [-0.4, -0.2) is 5.84 Å². The van der Waals surface area contributed by atoms with Crippen LogP contribution in [0, 0.1) is 5.41 Å². The highest BCUT2D eigenvalue weighted by atomic mass is 32.1. The summed E-state index contributed by atoms with van der Waals surface area (Å²) in [6.45, 7) is 0. The highest BCUT2D eigenvalue weighted by molar-refractivity contribution is 7.20. The first-order valence-corrected chi connectivity index (χ1v) is 7.63. The summed E-state index contributed by atoms with van der Waals surface area (Å²) in [4.78, 5) is 0.837. The zero-order chi connectivity index (χ0) is 14.7. The van der Waals surface area contributed by atoms with Gasteiger partial charge in [0.25, 0.3) is 0 Å². The third-order valence-corrected chi connectivity index (χ3v) is 4.50. The minimum Gasteiger partial charge on any atom is -0.383 e. The van der Waals surface area contributed by atoms with Crippen molar-refractivity contribution in [3.8, 4) is 0 Å². The Labute approximate surface area is 128 Å². The Kier molecular flexibility index (Phi) is 3.84. The zero-order valence-electron chi connectivity index (χ0n) is 11.5. The maximum atomic E-state index is 7.56. The smallest absolute Gasteiger partial charge is 0.133 e. The van der Waals surface area contributed by atoms with E-state index < -0.39 is 0 Å².